The minimum atomic E-state index is -1.50. The SMILES string of the molecule is CO[C@@H]1C[C@H](C(=O)Nc2cc(C(CCC3CC3)(N[S+]([O-])C(C)(C)C)c3ccccn3)ccc2F)N(C(=O)Nc2ccc(Cl)cc2)C1. The Balaban J connectivity index is 1.45. The molecule has 46 heavy (non-hydrogen) atoms. The van der Waals surface area contributed by atoms with E-state index >= 15 is 4.39 Å². The number of halogens is 2. The third-order valence-corrected chi connectivity index (χ3v) is 10.4. The van der Waals surface area contributed by atoms with Crippen LogP contribution in [0.1, 0.15) is 64.1 Å². The first kappa shape index (κ1) is 34.1. The average Bonchev–Trinajstić information content (AvgIpc) is 3.76. The monoisotopic (exact) mass is 669 g/mol. The maximum absolute atomic E-state index is 15.5. The highest BCUT2D eigenvalue weighted by atomic mass is 35.5. The van der Waals surface area contributed by atoms with Gasteiger partial charge in [0.1, 0.15) is 22.1 Å². The lowest BCUT2D eigenvalue weighted by Crippen LogP contribution is -2.52. The van der Waals surface area contributed by atoms with Gasteiger partial charge in [-0.1, -0.05) is 36.6 Å². The van der Waals surface area contributed by atoms with Crippen molar-refractivity contribution in [2.45, 2.75) is 75.3 Å². The summed E-state index contributed by atoms with van der Waals surface area (Å²) in [4.78, 5) is 33.1. The van der Waals surface area contributed by atoms with Gasteiger partial charge < -0.3 is 24.8 Å². The van der Waals surface area contributed by atoms with Gasteiger partial charge in [0.2, 0.25) is 5.91 Å². The number of urea groups is 1. The topological polar surface area (TPSA) is 119 Å². The number of aromatic nitrogens is 1. The van der Waals surface area contributed by atoms with E-state index in [9.17, 15) is 14.1 Å². The predicted molar refractivity (Wildman–Crippen MR) is 179 cm³/mol. The molecule has 0 bridgehead atoms. The number of hydrogen-bond donors (Lipinski definition) is 3. The van der Waals surface area contributed by atoms with E-state index in [0.717, 1.165) is 19.3 Å². The zero-order chi connectivity index (χ0) is 33.1. The Hall–Kier alpha value is -3.22. The molecule has 1 saturated carbocycles. The average molecular weight is 670 g/mol. The molecule has 3 aromatic rings. The molecule has 1 aliphatic heterocycles. The number of rotatable bonds is 11. The highest BCUT2D eigenvalue weighted by Crippen LogP contribution is 2.42. The molecule has 4 atom stereocenters. The number of likely N-dealkylation sites (tertiary alicyclic amines) is 1. The van der Waals surface area contributed by atoms with Gasteiger partial charge in [0.05, 0.1) is 17.5 Å². The molecule has 12 heteroatoms. The van der Waals surface area contributed by atoms with E-state index in [0.29, 0.717) is 34.3 Å². The van der Waals surface area contributed by atoms with Gasteiger partial charge in [-0.25, -0.2) is 9.18 Å². The van der Waals surface area contributed by atoms with E-state index in [-0.39, 0.29) is 24.8 Å². The van der Waals surface area contributed by atoms with Crippen LogP contribution in [0.3, 0.4) is 0 Å². The number of hydrogen-bond acceptors (Lipinski definition) is 6. The molecule has 2 aliphatic rings. The van der Waals surface area contributed by atoms with E-state index in [1.165, 1.54) is 18.1 Å². The number of carbonyl (C=O) groups is 2. The van der Waals surface area contributed by atoms with E-state index in [1.807, 2.05) is 39.0 Å². The zero-order valence-electron chi connectivity index (χ0n) is 26.5. The number of amides is 3. The number of methoxy groups -OCH3 is 1. The van der Waals surface area contributed by atoms with Gasteiger partial charge in [0.15, 0.2) is 0 Å². The van der Waals surface area contributed by atoms with E-state index < -0.39 is 45.4 Å². The zero-order valence-corrected chi connectivity index (χ0v) is 28.1. The lowest BCUT2D eigenvalue weighted by molar-refractivity contribution is -0.119. The first-order chi connectivity index (χ1) is 21.9. The molecular formula is C34H41ClFN5O4S. The van der Waals surface area contributed by atoms with Crippen LogP contribution < -0.4 is 15.4 Å². The molecule has 2 heterocycles. The molecule has 0 spiro atoms. The van der Waals surface area contributed by atoms with Crippen molar-refractivity contribution in [3.63, 3.8) is 0 Å². The third kappa shape index (κ3) is 8.01. The molecule has 3 N–H and O–H groups in total. The summed E-state index contributed by atoms with van der Waals surface area (Å²) in [6.45, 7) is 5.85. The molecular weight excluding hydrogens is 629 g/mol. The molecule has 2 fully saturated rings. The molecule has 246 valence electrons. The fraction of sp³-hybridized carbons (Fsp3) is 0.441. The minimum Gasteiger partial charge on any atom is -0.598 e. The maximum Gasteiger partial charge on any atom is 0.322 e. The van der Waals surface area contributed by atoms with Crippen LogP contribution in [0, 0.1) is 11.7 Å². The molecule has 0 radical (unpaired) electrons. The number of nitrogens with zero attached hydrogens (tertiary/aromatic N) is 2. The van der Waals surface area contributed by atoms with Gasteiger partial charge in [0, 0.05) is 48.3 Å². The van der Waals surface area contributed by atoms with Crippen molar-refractivity contribution in [1.82, 2.24) is 14.6 Å². The van der Waals surface area contributed by atoms with Crippen molar-refractivity contribution in [3.8, 4) is 0 Å². The third-order valence-electron chi connectivity index (χ3n) is 8.52. The van der Waals surface area contributed by atoms with Crippen LogP contribution in [0.25, 0.3) is 0 Å². The lowest BCUT2D eigenvalue weighted by atomic mass is 9.82. The summed E-state index contributed by atoms with van der Waals surface area (Å²) in [6, 6.07) is 15.3. The number of anilines is 2. The minimum absolute atomic E-state index is 0.0449. The Morgan fingerprint density at radius 1 is 1.11 bits per heavy atom. The first-order valence-electron chi connectivity index (χ1n) is 15.5. The maximum atomic E-state index is 15.5. The summed E-state index contributed by atoms with van der Waals surface area (Å²) in [5.74, 6) is -0.618. The Kier molecular flexibility index (Phi) is 10.6. The van der Waals surface area contributed by atoms with Crippen LogP contribution in [-0.4, -0.2) is 56.9 Å². The fourth-order valence-electron chi connectivity index (χ4n) is 5.61. The number of ether oxygens (including phenoxy) is 1. The van der Waals surface area contributed by atoms with Crippen LogP contribution in [0.15, 0.2) is 66.9 Å². The van der Waals surface area contributed by atoms with Crippen molar-refractivity contribution in [3.05, 3.63) is 89.0 Å². The van der Waals surface area contributed by atoms with Crippen molar-refractivity contribution in [2.24, 2.45) is 5.92 Å². The molecule has 2 aromatic carbocycles. The highest BCUT2D eigenvalue weighted by molar-refractivity contribution is 7.90. The van der Waals surface area contributed by atoms with Crippen molar-refractivity contribution < 1.29 is 23.3 Å². The smallest absolute Gasteiger partial charge is 0.322 e. The quantitative estimate of drug-likeness (QED) is 0.198. The Bertz CT molecular complexity index is 1520. The lowest BCUT2D eigenvalue weighted by Gasteiger charge is -2.38. The van der Waals surface area contributed by atoms with Crippen molar-refractivity contribution in [1.29, 1.82) is 0 Å². The Labute approximate surface area is 278 Å². The Morgan fingerprint density at radius 2 is 1.85 bits per heavy atom. The van der Waals surface area contributed by atoms with Gasteiger partial charge in [-0.3, -0.25) is 9.78 Å². The predicted octanol–water partition coefficient (Wildman–Crippen LogP) is 6.62. The molecule has 1 aliphatic carbocycles. The number of benzene rings is 2. The van der Waals surface area contributed by atoms with Gasteiger partial charge in [-0.15, -0.1) is 4.72 Å². The molecule has 5 rings (SSSR count). The van der Waals surface area contributed by atoms with Gasteiger partial charge in [-0.05, 0) is 93.6 Å². The van der Waals surface area contributed by atoms with Gasteiger partial charge in [-0.2, -0.15) is 0 Å². The second-order valence-corrected chi connectivity index (χ2v) is 15.4. The molecule has 1 saturated heterocycles. The van der Waals surface area contributed by atoms with Gasteiger partial charge in [0.25, 0.3) is 0 Å². The van der Waals surface area contributed by atoms with Crippen molar-refractivity contribution >= 4 is 46.3 Å². The van der Waals surface area contributed by atoms with Gasteiger partial charge >= 0.3 is 6.03 Å². The van der Waals surface area contributed by atoms with Crippen molar-refractivity contribution in [2.75, 3.05) is 24.3 Å². The number of carbonyl (C=O) groups excluding carboxylic acids is 2. The molecule has 9 nitrogen and oxygen atoms in total. The standard InChI is InChI=1S/C34H41ClFN5O4S/c1-33(2,3)46(44)40-34(17-16-22-8-9-22,30-7-5-6-18-37-30)23-10-15-27(36)28(19-23)39-31(42)29-20-26(45-4)21-41(29)32(43)38-25-13-11-24(35)12-14-25/h5-7,10-15,18-19,22,26,29,40H,8-9,16-17,20-21H2,1-4H3,(H,38,43)(H,39,42)/t26-,29-,34?,46?/m1/s1. The van der Waals surface area contributed by atoms with E-state index in [1.54, 1.807) is 42.6 Å². The first-order valence-corrected chi connectivity index (χ1v) is 17.0. The second-order valence-electron chi connectivity index (χ2n) is 13.0. The fourth-order valence-corrected chi connectivity index (χ4v) is 6.68. The van der Waals surface area contributed by atoms with Crippen LogP contribution in [0.2, 0.25) is 5.02 Å². The summed E-state index contributed by atoms with van der Waals surface area (Å²) >= 11 is 4.47. The van der Waals surface area contributed by atoms with Crippen LogP contribution in [-0.2, 0) is 26.4 Å². The summed E-state index contributed by atoms with van der Waals surface area (Å²) in [5, 5.41) is 6.07. The summed E-state index contributed by atoms with van der Waals surface area (Å²) < 4.78 is 37.4. The van der Waals surface area contributed by atoms with E-state index in [4.69, 9.17) is 16.3 Å². The molecule has 3 amide bonds. The summed E-state index contributed by atoms with van der Waals surface area (Å²) in [7, 11) is 1.52. The summed E-state index contributed by atoms with van der Waals surface area (Å²) in [6.07, 6.45) is 5.26. The summed E-state index contributed by atoms with van der Waals surface area (Å²) in [5.41, 5.74) is 0.733. The second kappa shape index (κ2) is 14.3. The van der Waals surface area contributed by atoms with Crippen LogP contribution >= 0.6 is 11.6 Å². The molecule has 1 aromatic heterocycles. The normalized spacial score (nSPS) is 20.2. The van der Waals surface area contributed by atoms with Crippen LogP contribution in [0.5, 0.6) is 0 Å². The molecule has 2 unspecified atom stereocenters. The van der Waals surface area contributed by atoms with E-state index in [2.05, 4.69) is 20.3 Å². The largest absolute Gasteiger partial charge is 0.598 e. The number of nitrogens with one attached hydrogen (secondary N) is 3. The van der Waals surface area contributed by atoms with Crippen LogP contribution in [0.4, 0.5) is 20.6 Å². The Morgan fingerprint density at radius 3 is 2.48 bits per heavy atom. The number of pyridine rings is 1. The highest BCUT2D eigenvalue weighted by Gasteiger charge is 2.45.